The van der Waals surface area contributed by atoms with Gasteiger partial charge in [-0.2, -0.15) is 0 Å². The second kappa shape index (κ2) is 6.36. The highest BCUT2D eigenvalue weighted by molar-refractivity contribution is 5.87. The predicted molar refractivity (Wildman–Crippen MR) is 72.4 cm³/mol. The van der Waals surface area contributed by atoms with E-state index in [1.54, 1.807) is 24.3 Å². The molecule has 0 saturated heterocycles. The highest BCUT2D eigenvalue weighted by Gasteiger charge is 2.24. The Morgan fingerprint density at radius 1 is 1.05 bits per heavy atom. The highest BCUT2D eigenvalue weighted by Crippen LogP contribution is 2.27. The molecule has 0 fully saturated rings. The van der Waals surface area contributed by atoms with Crippen LogP contribution in [0.4, 0.5) is 0 Å². The average Bonchev–Trinajstić information content (AvgIpc) is 2.34. The van der Waals surface area contributed by atoms with Crippen molar-refractivity contribution in [1.82, 2.24) is 0 Å². The largest absolute Gasteiger partial charge is 0.481 e. The van der Waals surface area contributed by atoms with Gasteiger partial charge < -0.3 is 10.2 Å². The Bertz CT molecular complexity index is 448. The summed E-state index contributed by atoms with van der Waals surface area (Å²) in [4.78, 5) is 21.9. The quantitative estimate of drug-likeness (QED) is 0.827. The maximum Gasteiger partial charge on any atom is 0.335 e. The normalized spacial score (nSPS) is 14.1. The van der Waals surface area contributed by atoms with E-state index >= 15 is 0 Å². The number of benzene rings is 1. The molecule has 0 amide bonds. The van der Waals surface area contributed by atoms with Crippen LogP contribution in [0.15, 0.2) is 24.3 Å². The van der Waals surface area contributed by atoms with Gasteiger partial charge in [0.1, 0.15) is 0 Å². The molecule has 104 valence electrons. The summed E-state index contributed by atoms with van der Waals surface area (Å²) in [6.07, 6.45) is 0.555. The molecule has 0 aliphatic rings. The van der Waals surface area contributed by atoms with Gasteiger partial charge in [0.2, 0.25) is 0 Å². The topological polar surface area (TPSA) is 74.6 Å². The maximum absolute atomic E-state index is 11.2. The number of carbonyl (C=O) groups is 2. The molecule has 0 radical (unpaired) electrons. The number of aromatic carboxylic acids is 1. The van der Waals surface area contributed by atoms with Crippen molar-refractivity contribution in [3.8, 4) is 0 Å². The molecule has 1 rings (SSSR count). The Labute approximate surface area is 113 Å². The van der Waals surface area contributed by atoms with Crippen molar-refractivity contribution >= 4 is 11.9 Å². The van der Waals surface area contributed by atoms with Gasteiger partial charge in [-0.3, -0.25) is 4.79 Å². The Balaban J connectivity index is 2.79. The van der Waals surface area contributed by atoms with Crippen LogP contribution in [0.25, 0.3) is 0 Å². The van der Waals surface area contributed by atoms with Crippen LogP contribution < -0.4 is 0 Å². The maximum atomic E-state index is 11.2. The van der Waals surface area contributed by atoms with Crippen molar-refractivity contribution < 1.29 is 19.8 Å². The molecule has 0 heterocycles. The molecular formula is C15H20O4. The first-order valence-electron chi connectivity index (χ1n) is 6.39. The van der Waals surface area contributed by atoms with Crippen LogP contribution >= 0.6 is 0 Å². The fraction of sp³-hybridized carbons (Fsp3) is 0.467. The number of carboxylic acid groups (broad SMARTS) is 2. The SMILES string of the molecule is CC(CC(C(=O)O)C(C)C)c1ccc(C(=O)O)cc1. The molecule has 1 aromatic carbocycles. The number of aliphatic carboxylic acids is 1. The van der Waals surface area contributed by atoms with E-state index in [0.717, 1.165) is 5.56 Å². The van der Waals surface area contributed by atoms with Crippen molar-refractivity contribution in [2.45, 2.75) is 33.1 Å². The summed E-state index contributed by atoms with van der Waals surface area (Å²) in [5.41, 5.74) is 1.21. The van der Waals surface area contributed by atoms with Crippen LogP contribution in [0.1, 0.15) is 49.0 Å². The highest BCUT2D eigenvalue weighted by atomic mass is 16.4. The molecule has 2 atom stereocenters. The van der Waals surface area contributed by atoms with Gasteiger partial charge in [-0.1, -0.05) is 32.9 Å². The first kappa shape index (κ1) is 15.2. The van der Waals surface area contributed by atoms with E-state index in [1.165, 1.54) is 0 Å². The summed E-state index contributed by atoms with van der Waals surface area (Å²) < 4.78 is 0. The first-order chi connectivity index (χ1) is 8.82. The lowest BCUT2D eigenvalue weighted by Crippen LogP contribution is -2.21. The minimum absolute atomic E-state index is 0.0817. The number of rotatable bonds is 6. The van der Waals surface area contributed by atoms with E-state index in [0.29, 0.717) is 6.42 Å². The van der Waals surface area contributed by atoms with Gasteiger partial charge in [0.05, 0.1) is 11.5 Å². The summed E-state index contributed by atoms with van der Waals surface area (Å²) in [6.45, 7) is 5.77. The van der Waals surface area contributed by atoms with Gasteiger partial charge in [0, 0.05) is 0 Å². The molecule has 19 heavy (non-hydrogen) atoms. The standard InChI is InChI=1S/C15H20O4/c1-9(2)13(15(18)19)8-10(3)11-4-6-12(7-5-11)14(16)17/h4-7,9-10,13H,8H2,1-3H3,(H,16,17)(H,18,19). The van der Waals surface area contributed by atoms with E-state index in [1.807, 2.05) is 20.8 Å². The minimum Gasteiger partial charge on any atom is -0.481 e. The molecule has 0 aliphatic heterocycles. The zero-order valence-electron chi connectivity index (χ0n) is 11.5. The predicted octanol–water partition coefficient (Wildman–Crippen LogP) is 3.24. The van der Waals surface area contributed by atoms with E-state index in [-0.39, 0.29) is 23.3 Å². The monoisotopic (exact) mass is 264 g/mol. The second-order valence-electron chi connectivity index (χ2n) is 5.25. The van der Waals surface area contributed by atoms with Crippen LogP contribution in [0.5, 0.6) is 0 Å². The lowest BCUT2D eigenvalue weighted by Gasteiger charge is -2.20. The Hall–Kier alpha value is -1.84. The summed E-state index contributed by atoms with van der Waals surface area (Å²) >= 11 is 0. The fourth-order valence-electron chi connectivity index (χ4n) is 2.13. The lowest BCUT2D eigenvalue weighted by molar-refractivity contribution is -0.143. The lowest BCUT2D eigenvalue weighted by atomic mass is 9.84. The molecule has 0 saturated carbocycles. The molecule has 4 heteroatoms. The summed E-state index contributed by atoms with van der Waals surface area (Å²) in [6, 6.07) is 6.62. The van der Waals surface area contributed by atoms with Crippen LogP contribution in [-0.4, -0.2) is 22.2 Å². The smallest absolute Gasteiger partial charge is 0.335 e. The van der Waals surface area contributed by atoms with Crippen LogP contribution in [0, 0.1) is 11.8 Å². The van der Waals surface area contributed by atoms with Crippen molar-refractivity contribution in [2.75, 3.05) is 0 Å². The van der Waals surface area contributed by atoms with E-state index in [4.69, 9.17) is 5.11 Å². The zero-order valence-corrected chi connectivity index (χ0v) is 11.5. The molecule has 0 bridgehead atoms. The second-order valence-corrected chi connectivity index (χ2v) is 5.25. The third-order valence-electron chi connectivity index (χ3n) is 3.46. The molecule has 4 nitrogen and oxygen atoms in total. The summed E-state index contributed by atoms with van der Waals surface area (Å²) in [7, 11) is 0. The van der Waals surface area contributed by atoms with Crippen molar-refractivity contribution in [2.24, 2.45) is 11.8 Å². The number of carboxylic acids is 2. The Morgan fingerprint density at radius 3 is 1.95 bits per heavy atom. The molecule has 0 spiro atoms. The molecule has 0 aromatic heterocycles. The van der Waals surface area contributed by atoms with E-state index in [2.05, 4.69) is 0 Å². The van der Waals surface area contributed by atoms with Gasteiger partial charge in [-0.05, 0) is 36.0 Å². The van der Waals surface area contributed by atoms with Gasteiger partial charge >= 0.3 is 11.9 Å². The van der Waals surface area contributed by atoms with Crippen LogP contribution in [0.2, 0.25) is 0 Å². The van der Waals surface area contributed by atoms with Gasteiger partial charge in [-0.25, -0.2) is 4.79 Å². The number of hydrogen-bond donors (Lipinski definition) is 2. The summed E-state index contributed by atoms with van der Waals surface area (Å²) in [5, 5.41) is 18.0. The van der Waals surface area contributed by atoms with Gasteiger partial charge in [0.25, 0.3) is 0 Å². The third-order valence-corrected chi connectivity index (χ3v) is 3.46. The first-order valence-corrected chi connectivity index (χ1v) is 6.39. The van der Waals surface area contributed by atoms with Crippen molar-refractivity contribution in [3.63, 3.8) is 0 Å². The Morgan fingerprint density at radius 2 is 1.58 bits per heavy atom. The fourth-order valence-corrected chi connectivity index (χ4v) is 2.13. The molecule has 1 aromatic rings. The number of hydrogen-bond acceptors (Lipinski definition) is 2. The van der Waals surface area contributed by atoms with E-state index in [9.17, 15) is 14.7 Å². The average molecular weight is 264 g/mol. The third kappa shape index (κ3) is 4.09. The zero-order chi connectivity index (χ0) is 14.6. The molecule has 0 aliphatic carbocycles. The molecule has 2 N–H and O–H groups in total. The van der Waals surface area contributed by atoms with Crippen LogP contribution in [-0.2, 0) is 4.79 Å². The Kier molecular flexibility index (Phi) is 5.10. The minimum atomic E-state index is -0.954. The van der Waals surface area contributed by atoms with Crippen LogP contribution in [0.3, 0.4) is 0 Å². The van der Waals surface area contributed by atoms with Crippen molar-refractivity contribution in [3.05, 3.63) is 35.4 Å². The van der Waals surface area contributed by atoms with E-state index < -0.39 is 11.9 Å². The molecule has 2 unspecified atom stereocenters. The molecular weight excluding hydrogens is 244 g/mol. The van der Waals surface area contributed by atoms with Gasteiger partial charge in [-0.15, -0.1) is 0 Å². The van der Waals surface area contributed by atoms with Gasteiger partial charge in [0.15, 0.2) is 0 Å². The summed E-state index contributed by atoms with van der Waals surface area (Å²) in [5.74, 6) is -1.94. The van der Waals surface area contributed by atoms with Crippen molar-refractivity contribution in [1.29, 1.82) is 0 Å².